The lowest BCUT2D eigenvalue weighted by Crippen LogP contribution is -2.33. The molecule has 2 atom stereocenters. The van der Waals surface area contributed by atoms with E-state index in [1.165, 1.54) is 44.5 Å². The van der Waals surface area contributed by atoms with Gasteiger partial charge in [-0.15, -0.1) is 0 Å². The van der Waals surface area contributed by atoms with Crippen LogP contribution in [0.4, 0.5) is 19.1 Å². The van der Waals surface area contributed by atoms with Gasteiger partial charge < -0.3 is 19.5 Å². The van der Waals surface area contributed by atoms with Crippen LogP contribution < -0.4 is 19.5 Å². The SMILES string of the molecule is COc1cc([C@@H]2CC(=O)C3=C(C2)Nc2ncnn2[C@H]3c2ccc(C(F)(F)F)cc2)cc(OC)c1OC. The second kappa shape index (κ2) is 8.89. The highest BCUT2D eigenvalue weighted by Gasteiger charge is 2.40. The van der Waals surface area contributed by atoms with E-state index in [4.69, 9.17) is 14.2 Å². The molecule has 11 heteroatoms. The van der Waals surface area contributed by atoms with Gasteiger partial charge in [-0.1, -0.05) is 12.1 Å². The molecule has 1 N–H and O–H groups in total. The molecule has 3 aromatic rings. The average molecular weight is 500 g/mol. The fourth-order valence-corrected chi connectivity index (χ4v) is 4.89. The van der Waals surface area contributed by atoms with E-state index < -0.39 is 17.8 Å². The zero-order valence-corrected chi connectivity index (χ0v) is 19.7. The number of fused-ring (bicyclic) bond motifs is 1. The minimum absolute atomic E-state index is 0.131. The number of hydrogen-bond acceptors (Lipinski definition) is 7. The first-order valence-electron chi connectivity index (χ1n) is 11.1. The summed E-state index contributed by atoms with van der Waals surface area (Å²) in [5.74, 6) is 1.51. The molecule has 0 radical (unpaired) electrons. The van der Waals surface area contributed by atoms with E-state index in [0.717, 1.165) is 17.7 Å². The molecule has 188 valence electrons. The Kier molecular flexibility index (Phi) is 5.85. The van der Waals surface area contributed by atoms with Crippen molar-refractivity contribution in [2.75, 3.05) is 26.6 Å². The third kappa shape index (κ3) is 3.94. The van der Waals surface area contributed by atoms with Crippen molar-refractivity contribution in [3.8, 4) is 17.2 Å². The molecule has 0 amide bonds. The van der Waals surface area contributed by atoms with E-state index in [0.29, 0.717) is 46.5 Å². The van der Waals surface area contributed by atoms with Crippen LogP contribution in [0.1, 0.15) is 41.5 Å². The second-order valence-electron chi connectivity index (χ2n) is 8.55. The minimum Gasteiger partial charge on any atom is -0.493 e. The maximum Gasteiger partial charge on any atom is 0.416 e. The van der Waals surface area contributed by atoms with E-state index in [2.05, 4.69) is 15.4 Å². The highest BCUT2D eigenvalue weighted by molar-refractivity contribution is 6.00. The van der Waals surface area contributed by atoms with Gasteiger partial charge >= 0.3 is 6.18 Å². The normalized spacial score (nSPS) is 19.3. The number of rotatable bonds is 5. The number of hydrogen-bond donors (Lipinski definition) is 1. The summed E-state index contributed by atoms with van der Waals surface area (Å²) in [6.07, 6.45) is -2.44. The van der Waals surface area contributed by atoms with Crippen LogP contribution in [-0.4, -0.2) is 41.9 Å². The maximum absolute atomic E-state index is 13.6. The van der Waals surface area contributed by atoms with Gasteiger partial charge in [-0.3, -0.25) is 4.79 Å². The smallest absolute Gasteiger partial charge is 0.416 e. The monoisotopic (exact) mass is 500 g/mol. The molecule has 5 rings (SSSR count). The number of Topliss-reactive ketones (excluding diaryl/α,β-unsaturated/α-hetero) is 1. The van der Waals surface area contributed by atoms with Crippen LogP contribution in [0.2, 0.25) is 0 Å². The Morgan fingerprint density at radius 2 is 1.64 bits per heavy atom. The van der Waals surface area contributed by atoms with Crippen LogP contribution in [0.3, 0.4) is 0 Å². The molecule has 2 aliphatic rings. The second-order valence-corrected chi connectivity index (χ2v) is 8.55. The van der Waals surface area contributed by atoms with Crippen molar-refractivity contribution < 1.29 is 32.2 Å². The summed E-state index contributed by atoms with van der Waals surface area (Å²) in [6.45, 7) is 0. The van der Waals surface area contributed by atoms with E-state index in [1.54, 1.807) is 0 Å². The molecule has 1 aliphatic heterocycles. The fourth-order valence-electron chi connectivity index (χ4n) is 4.89. The molecule has 2 aromatic carbocycles. The number of nitrogens with one attached hydrogen (secondary N) is 1. The Morgan fingerprint density at radius 3 is 2.22 bits per heavy atom. The van der Waals surface area contributed by atoms with Gasteiger partial charge in [0.15, 0.2) is 17.3 Å². The lowest BCUT2D eigenvalue weighted by Gasteiger charge is -2.35. The Morgan fingerprint density at radius 1 is 0.972 bits per heavy atom. The molecule has 0 bridgehead atoms. The quantitative estimate of drug-likeness (QED) is 0.542. The number of ether oxygens (including phenoxy) is 3. The lowest BCUT2D eigenvalue weighted by atomic mass is 9.77. The number of allylic oxidation sites excluding steroid dienone is 2. The molecular weight excluding hydrogens is 477 g/mol. The molecule has 0 saturated carbocycles. The van der Waals surface area contributed by atoms with Gasteiger partial charge in [0.2, 0.25) is 11.7 Å². The van der Waals surface area contributed by atoms with Gasteiger partial charge in [0.25, 0.3) is 0 Å². The number of ketones is 1. The van der Waals surface area contributed by atoms with Crippen molar-refractivity contribution >= 4 is 11.7 Å². The van der Waals surface area contributed by atoms with Crippen LogP contribution in [0.25, 0.3) is 0 Å². The van der Waals surface area contributed by atoms with Crippen molar-refractivity contribution in [1.29, 1.82) is 0 Å². The number of carbonyl (C=O) groups excluding carboxylic acids is 1. The summed E-state index contributed by atoms with van der Waals surface area (Å²) in [6, 6.07) is 7.75. The van der Waals surface area contributed by atoms with Crippen LogP contribution in [0.15, 0.2) is 54.0 Å². The van der Waals surface area contributed by atoms with Crippen LogP contribution in [0, 0.1) is 0 Å². The molecular formula is C25H23F3N4O4. The predicted octanol–water partition coefficient (Wildman–Crippen LogP) is 4.74. The predicted molar refractivity (Wildman–Crippen MR) is 123 cm³/mol. The van der Waals surface area contributed by atoms with Gasteiger partial charge in [-0.2, -0.15) is 23.3 Å². The number of halogens is 3. The van der Waals surface area contributed by atoms with Crippen LogP contribution in [-0.2, 0) is 11.0 Å². The highest BCUT2D eigenvalue weighted by atomic mass is 19.4. The van der Waals surface area contributed by atoms with Crippen LogP contribution in [0.5, 0.6) is 17.2 Å². The van der Waals surface area contributed by atoms with E-state index in [1.807, 2.05) is 12.1 Å². The average Bonchev–Trinajstić information content (AvgIpc) is 3.34. The lowest BCUT2D eigenvalue weighted by molar-refractivity contribution is -0.137. The molecule has 2 heterocycles. The fraction of sp³-hybridized carbons (Fsp3) is 0.320. The van der Waals surface area contributed by atoms with E-state index >= 15 is 0 Å². The summed E-state index contributed by atoms with van der Waals surface area (Å²) >= 11 is 0. The third-order valence-electron chi connectivity index (χ3n) is 6.57. The van der Waals surface area contributed by atoms with Crippen molar-refractivity contribution in [1.82, 2.24) is 14.8 Å². The molecule has 0 unspecified atom stereocenters. The Labute approximate surface area is 204 Å². The number of methoxy groups -OCH3 is 3. The third-order valence-corrected chi connectivity index (χ3v) is 6.57. The zero-order valence-electron chi connectivity index (χ0n) is 19.7. The Hall–Kier alpha value is -4.02. The number of alkyl halides is 3. The van der Waals surface area contributed by atoms with Crippen molar-refractivity contribution in [3.05, 3.63) is 70.7 Å². The highest BCUT2D eigenvalue weighted by Crippen LogP contribution is 2.47. The summed E-state index contributed by atoms with van der Waals surface area (Å²) < 4.78 is 57.2. The molecule has 0 spiro atoms. The first kappa shape index (κ1) is 23.7. The van der Waals surface area contributed by atoms with Crippen molar-refractivity contribution in [2.24, 2.45) is 0 Å². The molecule has 0 fully saturated rings. The van der Waals surface area contributed by atoms with Gasteiger partial charge in [0.1, 0.15) is 12.4 Å². The van der Waals surface area contributed by atoms with Crippen LogP contribution >= 0.6 is 0 Å². The van der Waals surface area contributed by atoms with E-state index in [-0.39, 0.29) is 18.1 Å². The topological polar surface area (TPSA) is 87.5 Å². The van der Waals surface area contributed by atoms with Gasteiger partial charge in [0.05, 0.1) is 26.9 Å². The summed E-state index contributed by atoms with van der Waals surface area (Å²) in [5.41, 5.74) is 1.73. The number of benzene rings is 2. The summed E-state index contributed by atoms with van der Waals surface area (Å²) in [4.78, 5) is 17.8. The standard InChI is InChI=1S/C25H23F3N4O4/c1-34-19-10-15(11-20(35-2)23(19)36-3)14-8-17-21(18(33)9-14)22(32-24(31-17)29-12-30-32)13-4-6-16(7-5-13)25(26,27)28/h4-7,10-12,14,22H,8-9H2,1-3H3,(H,29,30,31)/t14-,22-/m0/s1. The first-order chi connectivity index (χ1) is 17.2. The van der Waals surface area contributed by atoms with Gasteiger partial charge in [-0.25, -0.2) is 4.68 Å². The first-order valence-corrected chi connectivity index (χ1v) is 11.1. The van der Waals surface area contributed by atoms with Crippen molar-refractivity contribution in [3.63, 3.8) is 0 Å². The number of carbonyl (C=O) groups is 1. The number of nitrogens with zero attached hydrogens (tertiary/aromatic N) is 3. The molecule has 0 saturated heterocycles. The summed E-state index contributed by atoms with van der Waals surface area (Å²) in [7, 11) is 4.57. The number of anilines is 1. The Balaban J connectivity index is 1.55. The molecule has 8 nitrogen and oxygen atoms in total. The van der Waals surface area contributed by atoms with Crippen molar-refractivity contribution in [2.45, 2.75) is 31.0 Å². The molecule has 1 aromatic heterocycles. The molecule has 1 aliphatic carbocycles. The summed E-state index contributed by atoms with van der Waals surface area (Å²) in [5, 5.41) is 7.45. The Bertz CT molecular complexity index is 1320. The number of aromatic nitrogens is 3. The van der Waals surface area contributed by atoms with Gasteiger partial charge in [-0.05, 0) is 47.7 Å². The van der Waals surface area contributed by atoms with Gasteiger partial charge in [0, 0.05) is 17.7 Å². The largest absolute Gasteiger partial charge is 0.493 e. The maximum atomic E-state index is 13.6. The van der Waals surface area contributed by atoms with E-state index in [9.17, 15) is 18.0 Å². The minimum atomic E-state index is -4.45. The zero-order chi connectivity index (χ0) is 25.6. The molecule has 36 heavy (non-hydrogen) atoms.